The maximum Gasteiger partial charge on any atom is 0.225 e. The van der Waals surface area contributed by atoms with Gasteiger partial charge in [-0.2, -0.15) is 0 Å². The monoisotopic (exact) mass is 417 g/mol. The summed E-state index contributed by atoms with van der Waals surface area (Å²) in [5.74, 6) is 0. The first-order valence-electron chi connectivity index (χ1n) is 9.39. The van der Waals surface area contributed by atoms with E-state index >= 15 is 0 Å². The van der Waals surface area contributed by atoms with Crippen molar-refractivity contribution in [2.75, 3.05) is 0 Å². The maximum atomic E-state index is 13.4. The van der Waals surface area contributed by atoms with Gasteiger partial charge in [0, 0.05) is 26.4 Å². The molecule has 0 aliphatic rings. The Balaban J connectivity index is 1.96. The van der Waals surface area contributed by atoms with Crippen molar-refractivity contribution in [3.8, 4) is 11.3 Å². The first kappa shape index (κ1) is 19.7. The predicted molar refractivity (Wildman–Crippen MR) is 123 cm³/mol. The van der Waals surface area contributed by atoms with Crippen LogP contribution >= 0.6 is 23.4 Å². The molecule has 4 rings (SSSR count). The highest BCUT2D eigenvalue weighted by molar-refractivity contribution is 8.14. The number of hydrogen-bond acceptors (Lipinski definition) is 3. The minimum absolute atomic E-state index is 0.0290. The van der Waals surface area contributed by atoms with Crippen LogP contribution in [-0.4, -0.2) is 10.1 Å². The van der Waals surface area contributed by atoms with Crippen LogP contribution in [0.3, 0.4) is 0 Å². The van der Waals surface area contributed by atoms with Crippen LogP contribution in [0.4, 0.5) is 0 Å². The molecule has 0 aliphatic heterocycles. The van der Waals surface area contributed by atoms with Gasteiger partial charge < -0.3 is 0 Å². The molecule has 4 heteroatoms. The first-order valence-corrected chi connectivity index (χ1v) is 10.6. The fourth-order valence-electron chi connectivity index (χ4n) is 3.61. The Morgan fingerprint density at radius 1 is 0.931 bits per heavy atom. The Kier molecular flexibility index (Phi) is 5.44. The zero-order valence-corrected chi connectivity index (χ0v) is 18.1. The third kappa shape index (κ3) is 3.93. The number of benzene rings is 3. The lowest BCUT2D eigenvalue weighted by Crippen LogP contribution is -2.04. The van der Waals surface area contributed by atoms with Gasteiger partial charge in [-0.15, -0.1) is 0 Å². The molecule has 144 valence electrons. The zero-order valence-electron chi connectivity index (χ0n) is 16.5. The van der Waals surface area contributed by atoms with E-state index in [0.29, 0.717) is 5.02 Å². The van der Waals surface area contributed by atoms with Gasteiger partial charge in [0.15, 0.2) is 0 Å². The molecule has 0 saturated heterocycles. The molecule has 4 aromatic rings. The van der Waals surface area contributed by atoms with Crippen LogP contribution in [-0.2, 0) is 0 Å². The van der Waals surface area contributed by atoms with Crippen LogP contribution in [0.5, 0.6) is 0 Å². The summed E-state index contributed by atoms with van der Waals surface area (Å²) in [6.07, 6.45) is 0. The van der Waals surface area contributed by atoms with Gasteiger partial charge in [0.05, 0.1) is 11.2 Å². The summed E-state index contributed by atoms with van der Waals surface area (Å²) in [5.41, 5.74) is 6.43. The third-order valence-electron chi connectivity index (χ3n) is 4.94. The van der Waals surface area contributed by atoms with Gasteiger partial charge in [0.2, 0.25) is 5.12 Å². The molecule has 0 unspecified atom stereocenters. The van der Waals surface area contributed by atoms with Gasteiger partial charge in [-0.1, -0.05) is 53.6 Å². The number of aromatic nitrogens is 1. The van der Waals surface area contributed by atoms with Crippen molar-refractivity contribution in [3.05, 3.63) is 94.0 Å². The van der Waals surface area contributed by atoms with E-state index in [2.05, 4.69) is 12.1 Å². The van der Waals surface area contributed by atoms with Crippen molar-refractivity contribution in [3.63, 3.8) is 0 Å². The third-order valence-corrected chi connectivity index (χ3v) is 6.09. The largest absolute Gasteiger partial charge is 0.281 e. The molecule has 0 fully saturated rings. The second kappa shape index (κ2) is 8.02. The number of nitrogens with zero attached hydrogens (tertiary/aromatic N) is 1. The first-order chi connectivity index (χ1) is 13.9. The number of aryl methyl sites for hydroxylation is 2. The van der Waals surface area contributed by atoms with E-state index in [9.17, 15) is 4.79 Å². The predicted octanol–water partition coefficient (Wildman–Crippen LogP) is 7.41. The van der Waals surface area contributed by atoms with Crippen molar-refractivity contribution < 1.29 is 4.79 Å². The van der Waals surface area contributed by atoms with Gasteiger partial charge >= 0.3 is 0 Å². The molecule has 1 aromatic heterocycles. The van der Waals surface area contributed by atoms with Gasteiger partial charge in [-0.25, -0.2) is 4.98 Å². The van der Waals surface area contributed by atoms with Gasteiger partial charge in [-0.3, -0.25) is 4.79 Å². The van der Waals surface area contributed by atoms with Crippen LogP contribution < -0.4 is 0 Å². The summed E-state index contributed by atoms with van der Waals surface area (Å²) < 4.78 is 0. The molecule has 0 bridgehead atoms. The Bertz CT molecular complexity index is 1220. The van der Waals surface area contributed by atoms with Crippen molar-refractivity contribution in [1.29, 1.82) is 0 Å². The highest BCUT2D eigenvalue weighted by Gasteiger charge is 2.21. The number of carbonyl (C=O) groups excluding carboxylic acids is 1. The molecular formula is C25H20ClNOS. The SMILES string of the molecule is Cc1cc(C)c2nc(-c3ccc(Cl)cc3)c(C)c(C(=O)Sc3ccccc3)c2c1. The summed E-state index contributed by atoms with van der Waals surface area (Å²) in [7, 11) is 0. The van der Waals surface area contributed by atoms with Crippen molar-refractivity contribution in [2.45, 2.75) is 25.7 Å². The minimum atomic E-state index is 0.0290. The summed E-state index contributed by atoms with van der Waals surface area (Å²) in [5, 5.41) is 1.61. The fourth-order valence-corrected chi connectivity index (χ4v) is 4.61. The van der Waals surface area contributed by atoms with E-state index in [4.69, 9.17) is 16.6 Å². The lowest BCUT2D eigenvalue weighted by molar-refractivity contribution is 0.109. The Morgan fingerprint density at radius 3 is 2.31 bits per heavy atom. The molecule has 0 spiro atoms. The van der Waals surface area contributed by atoms with Crippen molar-refractivity contribution >= 4 is 39.4 Å². The zero-order chi connectivity index (χ0) is 20.5. The highest BCUT2D eigenvalue weighted by atomic mass is 35.5. The van der Waals surface area contributed by atoms with Crippen molar-refractivity contribution in [1.82, 2.24) is 4.98 Å². The molecule has 0 atom stereocenters. The van der Waals surface area contributed by atoms with E-state index in [0.717, 1.165) is 49.3 Å². The molecule has 0 aliphatic carbocycles. The Morgan fingerprint density at radius 2 is 1.62 bits per heavy atom. The number of pyridine rings is 1. The second-order valence-corrected chi connectivity index (χ2v) is 8.63. The number of halogens is 1. The second-order valence-electron chi connectivity index (χ2n) is 7.15. The quantitative estimate of drug-likeness (QED) is 0.325. The van der Waals surface area contributed by atoms with Crippen LogP contribution in [0, 0.1) is 20.8 Å². The smallest absolute Gasteiger partial charge is 0.225 e. The molecular weight excluding hydrogens is 398 g/mol. The van der Waals surface area contributed by atoms with Crippen LogP contribution in [0.25, 0.3) is 22.2 Å². The fraction of sp³-hybridized carbons (Fsp3) is 0.120. The van der Waals surface area contributed by atoms with E-state index < -0.39 is 0 Å². The van der Waals surface area contributed by atoms with E-state index in [-0.39, 0.29) is 5.12 Å². The van der Waals surface area contributed by atoms with Crippen LogP contribution in [0.15, 0.2) is 71.6 Å². The van der Waals surface area contributed by atoms with Crippen LogP contribution in [0.2, 0.25) is 5.02 Å². The summed E-state index contributed by atoms with van der Waals surface area (Å²) in [4.78, 5) is 19.3. The molecule has 0 saturated carbocycles. The molecule has 0 radical (unpaired) electrons. The minimum Gasteiger partial charge on any atom is -0.281 e. The van der Waals surface area contributed by atoms with Crippen molar-refractivity contribution in [2.24, 2.45) is 0 Å². The van der Waals surface area contributed by atoms with E-state index in [1.54, 1.807) is 0 Å². The molecule has 1 heterocycles. The molecule has 3 aromatic carbocycles. The van der Waals surface area contributed by atoms with Gasteiger partial charge in [0.1, 0.15) is 0 Å². The Labute approximate surface area is 179 Å². The summed E-state index contributed by atoms with van der Waals surface area (Å²) in [6.45, 7) is 6.07. The highest BCUT2D eigenvalue weighted by Crippen LogP contribution is 2.35. The standard InChI is InChI=1S/C25H20ClNOS/c1-15-13-16(2)23-21(14-15)22(25(28)29-20-7-5-4-6-8-20)17(3)24(27-23)18-9-11-19(26)12-10-18/h4-14H,1-3H3. The number of thioether (sulfide) groups is 1. The van der Waals surface area contributed by atoms with Gasteiger partial charge in [-0.05, 0) is 74.0 Å². The van der Waals surface area contributed by atoms with E-state index in [1.807, 2.05) is 75.4 Å². The lowest BCUT2D eigenvalue weighted by atomic mass is 9.96. The number of rotatable bonds is 3. The maximum absolute atomic E-state index is 13.4. The Hall–Kier alpha value is -2.62. The molecule has 0 amide bonds. The average Bonchev–Trinajstić information content (AvgIpc) is 2.69. The number of carbonyl (C=O) groups is 1. The topological polar surface area (TPSA) is 30.0 Å². The summed E-state index contributed by atoms with van der Waals surface area (Å²) >= 11 is 7.33. The van der Waals surface area contributed by atoms with Crippen LogP contribution in [0.1, 0.15) is 27.0 Å². The number of hydrogen-bond donors (Lipinski definition) is 0. The number of fused-ring (bicyclic) bond motifs is 1. The average molecular weight is 418 g/mol. The molecule has 0 N–H and O–H groups in total. The summed E-state index contributed by atoms with van der Waals surface area (Å²) in [6, 6.07) is 21.5. The normalized spacial score (nSPS) is 11.0. The lowest BCUT2D eigenvalue weighted by Gasteiger charge is -2.16. The molecule has 2 nitrogen and oxygen atoms in total. The van der Waals surface area contributed by atoms with Gasteiger partial charge in [0.25, 0.3) is 0 Å². The molecule has 29 heavy (non-hydrogen) atoms. The van der Waals surface area contributed by atoms with E-state index in [1.165, 1.54) is 11.8 Å².